The summed E-state index contributed by atoms with van der Waals surface area (Å²) >= 11 is 0. The van der Waals surface area contributed by atoms with Gasteiger partial charge in [0.15, 0.2) is 0 Å². The molecule has 1 rings (SSSR count). The van der Waals surface area contributed by atoms with Crippen LogP contribution in [0, 0.1) is 18.7 Å². The molecule has 0 amide bonds. The molecule has 2 N–H and O–H groups in total. The van der Waals surface area contributed by atoms with Crippen molar-refractivity contribution in [3.8, 4) is 0 Å². The van der Waals surface area contributed by atoms with Gasteiger partial charge in [-0.3, -0.25) is 0 Å². The molecule has 0 saturated carbocycles. The van der Waals surface area contributed by atoms with Crippen LogP contribution in [0.25, 0.3) is 0 Å². The van der Waals surface area contributed by atoms with Crippen molar-refractivity contribution in [2.45, 2.75) is 38.1 Å². The van der Waals surface area contributed by atoms with Gasteiger partial charge in [0.1, 0.15) is 10.7 Å². The maximum absolute atomic E-state index is 14.0. The van der Waals surface area contributed by atoms with E-state index in [4.69, 9.17) is 5.73 Å². The average Bonchev–Trinajstić information content (AvgIpc) is 2.38. The summed E-state index contributed by atoms with van der Waals surface area (Å²) in [7, 11) is -2.36. The van der Waals surface area contributed by atoms with Gasteiger partial charge in [0.2, 0.25) is 10.0 Å². The molecule has 0 radical (unpaired) electrons. The molecule has 1 aromatic carbocycles. The fourth-order valence-electron chi connectivity index (χ4n) is 1.77. The van der Waals surface area contributed by atoms with Crippen molar-refractivity contribution in [1.82, 2.24) is 4.31 Å². The van der Waals surface area contributed by atoms with Crippen molar-refractivity contribution >= 4 is 10.0 Å². The summed E-state index contributed by atoms with van der Waals surface area (Å²) in [4.78, 5) is -0.280. The van der Waals surface area contributed by atoms with Crippen LogP contribution in [0.1, 0.15) is 25.8 Å². The Kier molecular flexibility index (Phi) is 5.68. The van der Waals surface area contributed by atoms with Gasteiger partial charge in [0, 0.05) is 19.6 Å². The summed E-state index contributed by atoms with van der Waals surface area (Å²) in [6.45, 7) is 5.79. The zero-order valence-electron chi connectivity index (χ0n) is 12.4. The molecule has 0 aromatic heterocycles. The third-order valence-corrected chi connectivity index (χ3v) is 5.35. The molecule has 0 saturated heterocycles. The zero-order valence-corrected chi connectivity index (χ0v) is 13.2. The van der Waals surface area contributed by atoms with Gasteiger partial charge in [-0.2, -0.15) is 0 Å². The van der Waals surface area contributed by atoms with E-state index >= 15 is 0 Å². The van der Waals surface area contributed by atoms with Gasteiger partial charge < -0.3 is 5.73 Å². The highest BCUT2D eigenvalue weighted by molar-refractivity contribution is 7.89. The molecule has 6 heteroatoms. The molecular formula is C14H23FN2O2S. The van der Waals surface area contributed by atoms with Crippen molar-refractivity contribution in [1.29, 1.82) is 0 Å². The fraction of sp³-hybridized carbons (Fsp3) is 0.571. The molecule has 0 heterocycles. The highest BCUT2D eigenvalue weighted by Crippen LogP contribution is 2.21. The largest absolute Gasteiger partial charge is 0.327 e. The van der Waals surface area contributed by atoms with Gasteiger partial charge in [-0.05, 0) is 30.9 Å². The van der Waals surface area contributed by atoms with Crippen molar-refractivity contribution in [3.05, 3.63) is 29.6 Å². The number of aryl methyl sites for hydroxylation is 1. The topological polar surface area (TPSA) is 63.4 Å². The minimum atomic E-state index is -3.81. The summed E-state index contributed by atoms with van der Waals surface area (Å²) in [5.41, 5.74) is 6.22. The van der Waals surface area contributed by atoms with E-state index < -0.39 is 15.8 Å². The zero-order chi connectivity index (χ0) is 15.5. The summed E-state index contributed by atoms with van der Waals surface area (Å²) in [6.07, 6.45) is 0.542. The van der Waals surface area contributed by atoms with Gasteiger partial charge in [0.05, 0.1) is 0 Å². The summed E-state index contributed by atoms with van der Waals surface area (Å²) in [5.74, 6) is -0.408. The molecule has 4 nitrogen and oxygen atoms in total. The monoisotopic (exact) mass is 302 g/mol. The quantitative estimate of drug-likeness (QED) is 0.875. The maximum Gasteiger partial charge on any atom is 0.245 e. The molecule has 20 heavy (non-hydrogen) atoms. The first-order valence-corrected chi connectivity index (χ1v) is 8.09. The Hall–Kier alpha value is -0.980. The van der Waals surface area contributed by atoms with Crippen molar-refractivity contribution in [2.75, 3.05) is 13.6 Å². The standard InChI is InChI=1S/C14H23FN2O2S/c1-10(2)12(16)8-9-17(4)20(18,19)13-7-5-6-11(3)14(13)15/h5-7,10,12H,8-9,16H2,1-4H3. The van der Waals surface area contributed by atoms with E-state index in [1.54, 1.807) is 19.1 Å². The van der Waals surface area contributed by atoms with Crippen LogP contribution in [0.4, 0.5) is 4.39 Å². The highest BCUT2D eigenvalue weighted by atomic mass is 32.2. The number of nitrogens with two attached hydrogens (primary N) is 1. The van der Waals surface area contributed by atoms with Gasteiger partial charge in [-0.1, -0.05) is 26.0 Å². The molecule has 0 aliphatic rings. The smallest absolute Gasteiger partial charge is 0.245 e. The van der Waals surface area contributed by atoms with Crippen LogP contribution in [-0.2, 0) is 10.0 Å². The number of hydrogen-bond donors (Lipinski definition) is 1. The van der Waals surface area contributed by atoms with Crippen LogP contribution >= 0.6 is 0 Å². The van der Waals surface area contributed by atoms with Gasteiger partial charge in [0.25, 0.3) is 0 Å². The number of nitrogens with zero attached hydrogens (tertiary/aromatic N) is 1. The first-order chi connectivity index (χ1) is 9.17. The summed E-state index contributed by atoms with van der Waals surface area (Å²) in [6, 6.07) is 4.30. The third kappa shape index (κ3) is 3.77. The molecule has 0 spiro atoms. The van der Waals surface area contributed by atoms with Crippen molar-refractivity contribution in [2.24, 2.45) is 11.7 Å². The Labute approximate surface area is 120 Å². The molecule has 1 aromatic rings. The maximum atomic E-state index is 14.0. The van der Waals surface area contributed by atoms with E-state index in [1.165, 1.54) is 13.1 Å². The van der Waals surface area contributed by atoms with Crippen molar-refractivity contribution in [3.63, 3.8) is 0 Å². The lowest BCUT2D eigenvalue weighted by Crippen LogP contribution is -2.35. The number of sulfonamides is 1. The lowest BCUT2D eigenvalue weighted by atomic mass is 10.0. The Morgan fingerprint density at radius 1 is 1.35 bits per heavy atom. The van der Waals surface area contributed by atoms with Gasteiger partial charge in [-0.25, -0.2) is 17.1 Å². The second kappa shape index (κ2) is 6.65. The summed E-state index contributed by atoms with van der Waals surface area (Å²) < 4.78 is 39.8. The van der Waals surface area contributed by atoms with E-state index in [1.807, 2.05) is 13.8 Å². The molecular weight excluding hydrogens is 279 g/mol. The lowest BCUT2D eigenvalue weighted by Gasteiger charge is -2.21. The van der Waals surface area contributed by atoms with Crippen LogP contribution in [0.5, 0.6) is 0 Å². The predicted molar refractivity (Wildman–Crippen MR) is 78.4 cm³/mol. The number of benzene rings is 1. The van der Waals surface area contributed by atoms with Crippen LogP contribution in [0.2, 0.25) is 0 Å². The lowest BCUT2D eigenvalue weighted by molar-refractivity contribution is 0.396. The third-order valence-electron chi connectivity index (χ3n) is 3.48. The van der Waals surface area contributed by atoms with E-state index in [0.717, 1.165) is 4.31 Å². The van der Waals surface area contributed by atoms with Crippen LogP contribution < -0.4 is 5.73 Å². The Balaban J connectivity index is 2.91. The number of hydrogen-bond acceptors (Lipinski definition) is 3. The van der Waals surface area contributed by atoms with E-state index in [-0.39, 0.29) is 23.4 Å². The molecule has 0 aliphatic heterocycles. The van der Waals surface area contributed by atoms with Crippen LogP contribution in [-0.4, -0.2) is 32.4 Å². The Morgan fingerprint density at radius 2 is 1.95 bits per heavy atom. The molecule has 114 valence electrons. The molecule has 0 aliphatic carbocycles. The van der Waals surface area contributed by atoms with Gasteiger partial charge in [-0.15, -0.1) is 0 Å². The second-order valence-electron chi connectivity index (χ2n) is 5.41. The second-order valence-corrected chi connectivity index (χ2v) is 7.42. The number of rotatable bonds is 6. The molecule has 1 atom stereocenters. The van der Waals surface area contributed by atoms with E-state index in [2.05, 4.69) is 0 Å². The van der Waals surface area contributed by atoms with Crippen molar-refractivity contribution < 1.29 is 12.8 Å². The average molecular weight is 302 g/mol. The first-order valence-electron chi connectivity index (χ1n) is 6.65. The molecule has 0 fully saturated rings. The SMILES string of the molecule is Cc1cccc(S(=O)(=O)N(C)CCC(N)C(C)C)c1F. The van der Waals surface area contributed by atoms with E-state index in [9.17, 15) is 12.8 Å². The minimum Gasteiger partial charge on any atom is -0.327 e. The Bertz CT molecular complexity index is 558. The first kappa shape index (κ1) is 17.1. The van der Waals surface area contributed by atoms with E-state index in [0.29, 0.717) is 12.0 Å². The Morgan fingerprint density at radius 3 is 2.50 bits per heavy atom. The molecule has 0 bridgehead atoms. The predicted octanol–water partition coefficient (Wildman–Crippen LogP) is 2.13. The van der Waals surface area contributed by atoms with Crippen LogP contribution in [0.15, 0.2) is 23.1 Å². The summed E-state index contributed by atoms with van der Waals surface area (Å²) in [5, 5.41) is 0. The normalized spacial score (nSPS) is 14.0. The highest BCUT2D eigenvalue weighted by Gasteiger charge is 2.25. The van der Waals surface area contributed by atoms with Gasteiger partial charge >= 0.3 is 0 Å². The number of halogens is 1. The minimum absolute atomic E-state index is 0.0741. The molecule has 1 unspecified atom stereocenters. The van der Waals surface area contributed by atoms with Crippen LogP contribution in [0.3, 0.4) is 0 Å². The fourth-order valence-corrected chi connectivity index (χ4v) is 3.09.